The minimum absolute atomic E-state index is 0.194. The average Bonchev–Trinajstić information content (AvgIpc) is 2.36. The summed E-state index contributed by atoms with van der Waals surface area (Å²) in [6.45, 7) is 11.4. The molecule has 1 aromatic heterocycles. The van der Waals surface area contributed by atoms with Crippen LogP contribution in [-0.2, 0) is 6.42 Å². The fraction of sp³-hybridized carbons (Fsp3) is 0.714. The van der Waals surface area contributed by atoms with Crippen molar-refractivity contribution in [2.24, 2.45) is 0 Å². The molecular formula is C14H25N3O. The summed E-state index contributed by atoms with van der Waals surface area (Å²) in [6.07, 6.45) is 4.45. The Labute approximate surface area is 110 Å². The van der Waals surface area contributed by atoms with E-state index in [0.717, 1.165) is 37.2 Å². The summed E-state index contributed by atoms with van der Waals surface area (Å²) in [4.78, 5) is 8.58. The number of rotatable bonds is 7. The van der Waals surface area contributed by atoms with Crippen LogP contribution in [-0.4, -0.2) is 22.1 Å². The number of hydrogen-bond acceptors (Lipinski definition) is 4. The molecule has 4 nitrogen and oxygen atoms in total. The topological polar surface area (TPSA) is 47.0 Å². The molecule has 0 amide bonds. The summed E-state index contributed by atoms with van der Waals surface area (Å²) < 4.78 is 6.00. The lowest BCUT2D eigenvalue weighted by molar-refractivity contribution is 0.0975. The third kappa shape index (κ3) is 3.86. The molecule has 0 fully saturated rings. The number of nitrogens with zero attached hydrogens (tertiary/aromatic N) is 2. The van der Waals surface area contributed by atoms with Gasteiger partial charge in [-0.2, -0.15) is 0 Å². The van der Waals surface area contributed by atoms with E-state index >= 15 is 0 Å². The van der Waals surface area contributed by atoms with Gasteiger partial charge in [0.2, 0.25) is 5.88 Å². The Bertz CT molecular complexity index is 377. The van der Waals surface area contributed by atoms with E-state index in [4.69, 9.17) is 4.74 Å². The van der Waals surface area contributed by atoms with Crippen molar-refractivity contribution < 1.29 is 4.74 Å². The molecule has 0 atom stereocenters. The van der Waals surface area contributed by atoms with Crippen molar-refractivity contribution >= 4 is 5.82 Å². The number of nitrogens with one attached hydrogen (secondary N) is 1. The Morgan fingerprint density at radius 2 is 1.94 bits per heavy atom. The van der Waals surface area contributed by atoms with Crippen molar-refractivity contribution in [3.8, 4) is 5.88 Å². The van der Waals surface area contributed by atoms with Crippen molar-refractivity contribution in [2.75, 3.05) is 11.9 Å². The summed E-state index contributed by atoms with van der Waals surface area (Å²) in [7, 11) is 0. The van der Waals surface area contributed by atoms with Crippen LogP contribution in [0.25, 0.3) is 0 Å². The fourth-order valence-corrected chi connectivity index (χ4v) is 1.53. The van der Waals surface area contributed by atoms with Crippen LogP contribution in [0.15, 0.2) is 6.33 Å². The maximum Gasteiger partial charge on any atom is 0.222 e. The highest BCUT2D eigenvalue weighted by Gasteiger charge is 2.20. The van der Waals surface area contributed by atoms with Crippen LogP contribution in [0.1, 0.15) is 53.0 Å². The summed E-state index contributed by atoms with van der Waals surface area (Å²) in [6, 6.07) is 0. The van der Waals surface area contributed by atoms with Gasteiger partial charge in [-0.05, 0) is 33.1 Å². The van der Waals surface area contributed by atoms with E-state index in [1.54, 1.807) is 6.33 Å². The molecular weight excluding hydrogens is 226 g/mol. The van der Waals surface area contributed by atoms with Gasteiger partial charge in [-0.1, -0.05) is 20.8 Å². The van der Waals surface area contributed by atoms with Crippen molar-refractivity contribution in [3.05, 3.63) is 11.9 Å². The Morgan fingerprint density at radius 1 is 1.22 bits per heavy atom. The van der Waals surface area contributed by atoms with E-state index in [1.165, 1.54) is 0 Å². The SMILES string of the molecule is CCCNc1ncnc(OC(C)(C)CC)c1CC. The molecule has 0 bridgehead atoms. The van der Waals surface area contributed by atoms with Gasteiger partial charge in [0, 0.05) is 6.54 Å². The van der Waals surface area contributed by atoms with Crippen LogP contribution >= 0.6 is 0 Å². The van der Waals surface area contributed by atoms with Crippen molar-refractivity contribution in [3.63, 3.8) is 0 Å². The molecule has 1 rings (SSSR count). The maximum absolute atomic E-state index is 6.00. The van der Waals surface area contributed by atoms with E-state index in [2.05, 4.69) is 49.9 Å². The summed E-state index contributed by atoms with van der Waals surface area (Å²) in [5.74, 6) is 1.61. The molecule has 1 N–H and O–H groups in total. The second kappa shape index (κ2) is 6.57. The normalized spacial score (nSPS) is 11.4. The van der Waals surface area contributed by atoms with Crippen molar-refractivity contribution in [1.82, 2.24) is 9.97 Å². The highest BCUT2D eigenvalue weighted by molar-refractivity contribution is 5.48. The monoisotopic (exact) mass is 251 g/mol. The third-order valence-electron chi connectivity index (χ3n) is 3.03. The molecule has 1 heterocycles. The zero-order valence-electron chi connectivity index (χ0n) is 12.2. The molecule has 0 aliphatic carbocycles. The van der Waals surface area contributed by atoms with Crippen LogP contribution < -0.4 is 10.1 Å². The Hall–Kier alpha value is -1.32. The largest absolute Gasteiger partial charge is 0.471 e. The molecule has 0 radical (unpaired) electrons. The van der Waals surface area contributed by atoms with Crippen LogP contribution in [0.5, 0.6) is 5.88 Å². The summed E-state index contributed by atoms with van der Waals surface area (Å²) in [5, 5.41) is 3.33. The Morgan fingerprint density at radius 3 is 2.50 bits per heavy atom. The standard InChI is InChI=1S/C14H25N3O/c1-6-9-15-12-11(7-2)13(17-10-16-12)18-14(4,5)8-3/h10H,6-9H2,1-5H3,(H,15,16,17). The lowest BCUT2D eigenvalue weighted by atomic mass is 10.1. The number of ether oxygens (including phenoxy) is 1. The predicted molar refractivity (Wildman–Crippen MR) is 75.2 cm³/mol. The first kappa shape index (κ1) is 14.7. The van der Waals surface area contributed by atoms with Crippen molar-refractivity contribution in [1.29, 1.82) is 0 Å². The minimum atomic E-state index is -0.194. The van der Waals surface area contributed by atoms with Gasteiger partial charge in [0.15, 0.2) is 0 Å². The minimum Gasteiger partial charge on any atom is -0.471 e. The number of hydrogen-bond donors (Lipinski definition) is 1. The molecule has 0 aliphatic rings. The molecule has 1 aromatic rings. The predicted octanol–water partition coefficient (Wildman–Crippen LogP) is 3.43. The van der Waals surface area contributed by atoms with Gasteiger partial charge in [-0.25, -0.2) is 9.97 Å². The van der Waals surface area contributed by atoms with Gasteiger partial charge in [0.05, 0.1) is 5.56 Å². The van der Waals surface area contributed by atoms with E-state index < -0.39 is 0 Å². The smallest absolute Gasteiger partial charge is 0.222 e. The second-order valence-electron chi connectivity index (χ2n) is 5.00. The molecule has 0 saturated heterocycles. The van der Waals surface area contributed by atoms with Gasteiger partial charge >= 0.3 is 0 Å². The third-order valence-corrected chi connectivity index (χ3v) is 3.03. The van der Waals surface area contributed by atoms with E-state index in [0.29, 0.717) is 5.88 Å². The van der Waals surface area contributed by atoms with E-state index in [-0.39, 0.29) is 5.60 Å². The highest BCUT2D eigenvalue weighted by atomic mass is 16.5. The number of aromatic nitrogens is 2. The fourth-order valence-electron chi connectivity index (χ4n) is 1.53. The molecule has 0 spiro atoms. The first-order valence-corrected chi connectivity index (χ1v) is 6.80. The van der Waals surface area contributed by atoms with Crippen LogP contribution in [0.2, 0.25) is 0 Å². The van der Waals surface area contributed by atoms with Crippen molar-refractivity contribution in [2.45, 2.75) is 59.5 Å². The van der Waals surface area contributed by atoms with Gasteiger partial charge in [0.1, 0.15) is 17.7 Å². The quantitative estimate of drug-likeness (QED) is 0.806. The number of anilines is 1. The Balaban J connectivity index is 2.97. The molecule has 0 aliphatic heterocycles. The van der Waals surface area contributed by atoms with Crippen LogP contribution in [0, 0.1) is 0 Å². The highest BCUT2D eigenvalue weighted by Crippen LogP contribution is 2.27. The second-order valence-corrected chi connectivity index (χ2v) is 5.00. The molecule has 18 heavy (non-hydrogen) atoms. The van der Waals surface area contributed by atoms with E-state index in [9.17, 15) is 0 Å². The summed E-state index contributed by atoms with van der Waals surface area (Å²) in [5.41, 5.74) is 0.868. The lowest BCUT2D eigenvalue weighted by Gasteiger charge is -2.25. The molecule has 4 heteroatoms. The van der Waals surface area contributed by atoms with Gasteiger partial charge in [-0.3, -0.25) is 0 Å². The zero-order valence-corrected chi connectivity index (χ0v) is 12.2. The first-order chi connectivity index (χ1) is 8.54. The molecule has 0 saturated carbocycles. The van der Waals surface area contributed by atoms with E-state index in [1.807, 2.05) is 0 Å². The molecule has 0 unspecified atom stereocenters. The Kier molecular flexibility index (Phi) is 5.38. The van der Waals surface area contributed by atoms with Crippen LogP contribution in [0.3, 0.4) is 0 Å². The van der Waals surface area contributed by atoms with Gasteiger partial charge in [-0.15, -0.1) is 0 Å². The average molecular weight is 251 g/mol. The molecule has 102 valence electrons. The van der Waals surface area contributed by atoms with Gasteiger partial charge < -0.3 is 10.1 Å². The first-order valence-electron chi connectivity index (χ1n) is 6.80. The zero-order chi connectivity index (χ0) is 13.6. The van der Waals surface area contributed by atoms with Crippen LogP contribution in [0.4, 0.5) is 5.82 Å². The maximum atomic E-state index is 6.00. The summed E-state index contributed by atoms with van der Waals surface area (Å²) >= 11 is 0. The lowest BCUT2D eigenvalue weighted by Crippen LogP contribution is -2.28. The van der Waals surface area contributed by atoms with Gasteiger partial charge in [0.25, 0.3) is 0 Å². The molecule has 0 aromatic carbocycles.